The first kappa shape index (κ1) is 11.7. The molecule has 14 heavy (non-hydrogen) atoms. The van der Waals surface area contributed by atoms with Crippen LogP contribution in [0.15, 0.2) is 0 Å². The van der Waals surface area contributed by atoms with E-state index in [1.165, 1.54) is 19.3 Å². The Morgan fingerprint density at radius 1 is 1.36 bits per heavy atom. The van der Waals surface area contributed by atoms with Crippen molar-refractivity contribution in [2.75, 3.05) is 0 Å². The minimum Gasteiger partial charge on any atom is -0.299 e. The van der Waals surface area contributed by atoms with Gasteiger partial charge in [0.25, 0.3) is 0 Å². The lowest BCUT2D eigenvalue weighted by Crippen LogP contribution is -2.16. The third-order valence-electron chi connectivity index (χ3n) is 3.48. The lowest BCUT2D eigenvalue weighted by Gasteiger charge is -2.13. The van der Waals surface area contributed by atoms with Crippen LogP contribution in [0.2, 0.25) is 0 Å². The molecule has 1 heteroatoms. The summed E-state index contributed by atoms with van der Waals surface area (Å²) in [5, 5.41) is 0. The zero-order chi connectivity index (χ0) is 10.6. The summed E-state index contributed by atoms with van der Waals surface area (Å²) >= 11 is 0. The molecular weight excluding hydrogens is 172 g/mol. The molecule has 2 unspecified atom stereocenters. The summed E-state index contributed by atoms with van der Waals surface area (Å²) in [5.41, 5.74) is 0. The van der Waals surface area contributed by atoms with E-state index in [1.807, 2.05) is 0 Å². The summed E-state index contributed by atoms with van der Waals surface area (Å²) in [7, 11) is 0. The average Bonchev–Trinajstić information content (AvgIpc) is 2.50. The number of hydrogen-bond acceptors (Lipinski definition) is 1. The van der Waals surface area contributed by atoms with E-state index in [0.717, 1.165) is 25.2 Å². The molecule has 1 aliphatic rings. The van der Waals surface area contributed by atoms with Gasteiger partial charge in [-0.2, -0.15) is 0 Å². The Kier molecular flexibility index (Phi) is 4.64. The van der Waals surface area contributed by atoms with Crippen molar-refractivity contribution in [3.63, 3.8) is 0 Å². The van der Waals surface area contributed by atoms with E-state index in [-0.39, 0.29) is 0 Å². The first-order valence-electron chi connectivity index (χ1n) is 6.14. The average molecular weight is 196 g/mol. The van der Waals surface area contributed by atoms with Gasteiger partial charge in [-0.3, -0.25) is 4.79 Å². The van der Waals surface area contributed by atoms with E-state index in [1.54, 1.807) is 0 Å². The van der Waals surface area contributed by atoms with Gasteiger partial charge in [0.15, 0.2) is 0 Å². The van der Waals surface area contributed by atoms with E-state index in [9.17, 15) is 4.79 Å². The molecule has 2 atom stereocenters. The minimum absolute atomic E-state index is 0.405. The molecule has 1 saturated carbocycles. The highest BCUT2D eigenvalue weighted by molar-refractivity contribution is 5.81. The van der Waals surface area contributed by atoms with Gasteiger partial charge in [0.05, 0.1) is 0 Å². The fourth-order valence-electron chi connectivity index (χ4n) is 2.49. The topological polar surface area (TPSA) is 17.1 Å². The molecule has 0 heterocycles. The van der Waals surface area contributed by atoms with Gasteiger partial charge in [-0.25, -0.2) is 0 Å². The molecule has 1 aliphatic carbocycles. The summed E-state index contributed by atoms with van der Waals surface area (Å²) in [6.45, 7) is 6.68. The summed E-state index contributed by atoms with van der Waals surface area (Å²) in [5.74, 6) is 2.34. The SMILES string of the molecule is CC(C)CCCC(=O)C1CCCC1C. The second kappa shape index (κ2) is 5.53. The normalized spacial score (nSPS) is 27.1. The standard InChI is InChI=1S/C13H24O/c1-10(2)6-4-9-13(14)12-8-5-7-11(12)3/h10-12H,4-9H2,1-3H3. The van der Waals surface area contributed by atoms with E-state index < -0.39 is 0 Å². The van der Waals surface area contributed by atoms with Gasteiger partial charge in [0, 0.05) is 12.3 Å². The lowest BCUT2D eigenvalue weighted by atomic mass is 9.90. The maximum absolute atomic E-state index is 11.8. The zero-order valence-electron chi connectivity index (χ0n) is 9.88. The van der Waals surface area contributed by atoms with Gasteiger partial charge in [-0.1, -0.05) is 33.6 Å². The molecule has 0 N–H and O–H groups in total. The predicted octanol–water partition coefficient (Wildman–Crippen LogP) is 3.82. The molecule has 0 amide bonds. The molecule has 0 aromatic rings. The summed E-state index contributed by atoms with van der Waals surface area (Å²) in [6.07, 6.45) is 6.81. The maximum Gasteiger partial charge on any atom is 0.136 e. The van der Waals surface area contributed by atoms with Crippen LogP contribution in [0.25, 0.3) is 0 Å². The maximum atomic E-state index is 11.8. The van der Waals surface area contributed by atoms with Crippen LogP contribution in [0.5, 0.6) is 0 Å². The molecule has 0 aromatic heterocycles. The highest BCUT2D eigenvalue weighted by Gasteiger charge is 2.28. The fraction of sp³-hybridized carbons (Fsp3) is 0.923. The van der Waals surface area contributed by atoms with Crippen LogP contribution in [0.1, 0.15) is 59.3 Å². The Labute approximate surface area is 88.3 Å². The van der Waals surface area contributed by atoms with Gasteiger partial charge in [-0.15, -0.1) is 0 Å². The van der Waals surface area contributed by atoms with Crippen LogP contribution in [-0.2, 0) is 4.79 Å². The lowest BCUT2D eigenvalue weighted by molar-refractivity contribution is -0.123. The second-order valence-corrected chi connectivity index (χ2v) is 5.27. The molecule has 0 aliphatic heterocycles. The third-order valence-corrected chi connectivity index (χ3v) is 3.48. The van der Waals surface area contributed by atoms with Crippen LogP contribution >= 0.6 is 0 Å². The van der Waals surface area contributed by atoms with Crippen LogP contribution in [0.4, 0.5) is 0 Å². The predicted molar refractivity (Wildman–Crippen MR) is 60.2 cm³/mol. The zero-order valence-corrected chi connectivity index (χ0v) is 9.88. The van der Waals surface area contributed by atoms with Crippen molar-refractivity contribution in [2.24, 2.45) is 17.8 Å². The highest BCUT2D eigenvalue weighted by atomic mass is 16.1. The molecule has 0 aromatic carbocycles. The Bertz CT molecular complexity index is 184. The quantitative estimate of drug-likeness (QED) is 0.653. The van der Waals surface area contributed by atoms with Gasteiger partial charge < -0.3 is 0 Å². The largest absolute Gasteiger partial charge is 0.299 e. The molecule has 0 bridgehead atoms. The minimum atomic E-state index is 0.405. The Morgan fingerprint density at radius 2 is 2.07 bits per heavy atom. The molecule has 0 spiro atoms. The van der Waals surface area contributed by atoms with Gasteiger partial charge in [0.1, 0.15) is 5.78 Å². The van der Waals surface area contributed by atoms with Crippen molar-refractivity contribution in [3.05, 3.63) is 0 Å². The summed E-state index contributed by atoms with van der Waals surface area (Å²) in [6, 6.07) is 0. The molecule has 82 valence electrons. The first-order chi connectivity index (χ1) is 6.61. The number of hydrogen-bond donors (Lipinski definition) is 0. The summed E-state index contributed by atoms with van der Waals surface area (Å²) in [4.78, 5) is 11.8. The molecule has 1 nitrogen and oxygen atoms in total. The number of carbonyl (C=O) groups is 1. The Morgan fingerprint density at radius 3 is 2.57 bits per heavy atom. The Hall–Kier alpha value is -0.330. The van der Waals surface area contributed by atoms with Crippen LogP contribution in [-0.4, -0.2) is 5.78 Å². The molecule has 1 rings (SSSR count). The number of carbonyl (C=O) groups excluding carboxylic acids is 1. The van der Waals surface area contributed by atoms with E-state index in [0.29, 0.717) is 17.6 Å². The fourth-order valence-corrected chi connectivity index (χ4v) is 2.49. The van der Waals surface area contributed by atoms with Crippen molar-refractivity contribution >= 4 is 5.78 Å². The van der Waals surface area contributed by atoms with Crippen LogP contribution < -0.4 is 0 Å². The van der Waals surface area contributed by atoms with Crippen molar-refractivity contribution in [2.45, 2.75) is 59.3 Å². The molecule has 0 saturated heterocycles. The van der Waals surface area contributed by atoms with Crippen molar-refractivity contribution in [3.8, 4) is 0 Å². The number of ketones is 1. The van der Waals surface area contributed by atoms with E-state index in [4.69, 9.17) is 0 Å². The van der Waals surface area contributed by atoms with Crippen LogP contribution in [0.3, 0.4) is 0 Å². The Balaban J connectivity index is 2.21. The second-order valence-electron chi connectivity index (χ2n) is 5.27. The number of Topliss-reactive ketones (excluding diaryl/α,β-unsaturated/α-hetero) is 1. The molecule has 1 fully saturated rings. The summed E-state index contributed by atoms with van der Waals surface area (Å²) < 4.78 is 0. The van der Waals surface area contributed by atoms with E-state index in [2.05, 4.69) is 20.8 Å². The highest BCUT2D eigenvalue weighted by Crippen LogP contribution is 2.32. The van der Waals surface area contributed by atoms with Crippen molar-refractivity contribution in [1.82, 2.24) is 0 Å². The molecule has 0 radical (unpaired) electrons. The van der Waals surface area contributed by atoms with E-state index >= 15 is 0 Å². The third kappa shape index (κ3) is 3.43. The van der Waals surface area contributed by atoms with Crippen molar-refractivity contribution in [1.29, 1.82) is 0 Å². The van der Waals surface area contributed by atoms with Crippen molar-refractivity contribution < 1.29 is 4.79 Å². The smallest absolute Gasteiger partial charge is 0.136 e. The number of rotatable bonds is 5. The van der Waals surface area contributed by atoms with Gasteiger partial charge >= 0.3 is 0 Å². The van der Waals surface area contributed by atoms with Crippen LogP contribution in [0, 0.1) is 17.8 Å². The van der Waals surface area contributed by atoms with Gasteiger partial charge in [-0.05, 0) is 31.1 Å². The van der Waals surface area contributed by atoms with Gasteiger partial charge in [0.2, 0.25) is 0 Å². The molecular formula is C13H24O. The first-order valence-corrected chi connectivity index (χ1v) is 6.14. The monoisotopic (exact) mass is 196 g/mol.